The van der Waals surface area contributed by atoms with Crippen LogP contribution in [0.2, 0.25) is 0 Å². The molecule has 0 spiro atoms. The van der Waals surface area contributed by atoms with Crippen molar-refractivity contribution in [2.24, 2.45) is 13.0 Å². The van der Waals surface area contributed by atoms with Gasteiger partial charge in [0.2, 0.25) is 5.91 Å². The quantitative estimate of drug-likeness (QED) is 0.756. The molecule has 21 heavy (non-hydrogen) atoms. The second-order valence-corrected chi connectivity index (χ2v) is 5.11. The molecule has 118 valence electrons. The number of aromatic nitrogens is 2. The van der Waals surface area contributed by atoms with E-state index in [0.29, 0.717) is 19.0 Å². The van der Waals surface area contributed by atoms with Gasteiger partial charge in [-0.3, -0.25) is 9.59 Å². The summed E-state index contributed by atoms with van der Waals surface area (Å²) in [4.78, 5) is 25.1. The number of nitrogens with zero attached hydrogens (tertiary/aromatic N) is 3. The van der Waals surface area contributed by atoms with Crippen molar-refractivity contribution in [2.45, 2.75) is 6.42 Å². The van der Waals surface area contributed by atoms with E-state index in [0.717, 1.165) is 25.2 Å². The maximum Gasteiger partial charge on any atom is 0.268 e. The molecule has 1 aliphatic heterocycles. The first-order valence-electron chi connectivity index (χ1n) is 6.79. The minimum atomic E-state index is -0.103. The van der Waals surface area contributed by atoms with Crippen LogP contribution in [0, 0.1) is 5.92 Å². The molecule has 1 saturated heterocycles. The van der Waals surface area contributed by atoms with Crippen molar-refractivity contribution in [3.8, 4) is 0 Å². The highest BCUT2D eigenvalue weighted by Gasteiger charge is 2.23. The first kappa shape index (κ1) is 17.5. The summed E-state index contributed by atoms with van der Waals surface area (Å²) in [6.45, 7) is 2.75. The lowest BCUT2D eigenvalue weighted by Crippen LogP contribution is -2.36. The Morgan fingerprint density at radius 3 is 2.95 bits per heavy atom. The van der Waals surface area contributed by atoms with Crippen molar-refractivity contribution < 1.29 is 4.79 Å². The van der Waals surface area contributed by atoms with Gasteiger partial charge in [0, 0.05) is 32.7 Å². The lowest BCUT2D eigenvalue weighted by Gasteiger charge is -2.18. The molecule has 0 radical (unpaired) electrons. The highest BCUT2D eigenvalue weighted by molar-refractivity contribution is 5.85. The van der Waals surface area contributed by atoms with Gasteiger partial charge < -0.3 is 15.5 Å². The predicted octanol–water partition coefficient (Wildman–Crippen LogP) is -0.636. The average molecular weight is 316 g/mol. The topological polar surface area (TPSA) is 79.3 Å². The van der Waals surface area contributed by atoms with Crippen LogP contribution in [-0.2, 0) is 11.8 Å². The number of amides is 1. The molecule has 2 N–H and O–H groups in total. The number of hydrogen-bond acceptors (Lipinski definition) is 5. The SMILES string of the molecule is CNCC(=O)NCC1CCN(c2cnn(C)c(=O)c2)C1.Cl. The second kappa shape index (κ2) is 7.99. The monoisotopic (exact) mass is 315 g/mol. The molecule has 0 aliphatic carbocycles. The van der Waals surface area contributed by atoms with Crippen LogP contribution in [0.25, 0.3) is 0 Å². The molecule has 0 aromatic carbocycles. The molecule has 2 heterocycles. The summed E-state index contributed by atoms with van der Waals surface area (Å²) in [5.41, 5.74) is 0.755. The zero-order chi connectivity index (χ0) is 14.5. The van der Waals surface area contributed by atoms with Gasteiger partial charge >= 0.3 is 0 Å². The van der Waals surface area contributed by atoms with Crippen LogP contribution < -0.4 is 21.1 Å². The van der Waals surface area contributed by atoms with Gasteiger partial charge in [-0.2, -0.15) is 5.10 Å². The summed E-state index contributed by atoms with van der Waals surface area (Å²) in [5, 5.41) is 9.76. The van der Waals surface area contributed by atoms with E-state index in [-0.39, 0.29) is 23.9 Å². The molecule has 1 amide bonds. The second-order valence-electron chi connectivity index (χ2n) is 5.11. The lowest BCUT2D eigenvalue weighted by atomic mass is 10.1. The van der Waals surface area contributed by atoms with E-state index < -0.39 is 0 Å². The van der Waals surface area contributed by atoms with Gasteiger partial charge in [0.1, 0.15) is 0 Å². The normalized spacial score (nSPS) is 17.4. The van der Waals surface area contributed by atoms with Crippen LogP contribution in [0.4, 0.5) is 5.69 Å². The Morgan fingerprint density at radius 1 is 1.52 bits per heavy atom. The van der Waals surface area contributed by atoms with Crippen molar-refractivity contribution >= 4 is 24.0 Å². The molecule has 1 aromatic rings. The van der Waals surface area contributed by atoms with Crippen molar-refractivity contribution in [2.75, 3.05) is 38.1 Å². The van der Waals surface area contributed by atoms with Gasteiger partial charge in [0.05, 0.1) is 18.4 Å². The number of halogens is 1. The third-order valence-corrected chi connectivity index (χ3v) is 3.53. The number of nitrogens with one attached hydrogen (secondary N) is 2. The molecule has 1 unspecified atom stereocenters. The molecular formula is C13H22ClN5O2. The molecule has 1 aliphatic rings. The Balaban J connectivity index is 0.00000220. The maximum atomic E-state index is 11.6. The van der Waals surface area contributed by atoms with Crippen molar-refractivity contribution in [3.63, 3.8) is 0 Å². The van der Waals surface area contributed by atoms with Gasteiger partial charge in [-0.1, -0.05) is 0 Å². The van der Waals surface area contributed by atoms with Crippen LogP contribution in [0.1, 0.15) is 6.42 Å². The van der Waals surface area contributed by atoms with E-state index in [1.807, 2.05) is 0 Å². The van der Waals surface area contributed by atoms with E-state index in [2.05, 4.69) is 20.6 Å². The van der Waals surface area contributed by atoms with Crippen LogP contribution >= 0.6 is 12.4 Å². The summed E-state index contributed by atoms with van der Waals surface area (Å²) in [6.07, 6.45) is 2.72. The van der Waals surface area contributed by atoms with E-state index in [9.17, 15) is 9.59 Å². The number of rotatable bonds is 5. The fraction of sp³-hybridized carbons (Fsp3) is 0.615. The zero-order valence-corrected chi connectivity index (χ0v) is 13.2. The van der Waals surface area contributed by atoms with Crippen molar-refractivity contribution in [3.05, 3.63) is 22.6 Å². The Bertz CT molecular complexity index is 534. The molecule has 1 atom stereocenters. The standard InChI is InChI=1S/C13H21N5O2.ClH/c1-14-8-12(19)15-6-10-3-4-18(9-10)11-5-13(20)17(2)16-7-11;/h5,7,10,14H,3-4,6,8-9H2,1-2H3,(H,15,19);1H. The Kier molecular flexibility index (Phi) is 6.64. The van der Waals surface area contributed by atoms with Crippen molar-refractivity contribution in [1.29, 1.82) is 0 Å². The first-order chi connectivity index (χ1) is 9.60. The predicted molar refractivity (Wildman–Crippen MR) is 84.0 cm³/mol. The molecule has 7 nitrogen and oxygen atoms in total. The molecule has 8 heteroatoms. The Labute approximate surface area is 130 Å². The van der Waals surface area contributed by atoms with E-state index in [1.165, 1.54) is 4.68 Å². The summed E-state index contributed by atoms with van der Waals surface area (Å²) in [6, 6.07) is 1.61. The smallest absolute Gasteiger partial charge is 0.268 e. The number of likely N-dealkylation sites (N-methyl/N-ethyl adjacent to an activating group) is 1. The minimum absolute atomic E-state index is 0. The average Bonchev–Trinajstić information content (AvgIpc) is 2.89. The highest BCUT2D eigenvalue weighted by Crippen LogP contribution is 2.21. The zero-order valence-electron chi connectivity index (χ0n) is 12.3. The molecule has 1 aromatic heterocycles. The number of carbonyl (C=O) groups is 1. The Morgan fingerprint density at radius 2 is 2.29 bits per heavy atom. The van der Waals surface area contributed by atoms with E-state index in [4.69, 9.17) is 0 Å². The molecule has 2 rings (SSSR count). The van der Waals surface area contributed by atoms with Crippen LogP contribution in [0.15, 0.2) is 17.1 Å². The summed E-state index contributed by atoms with van der Waals surface area (Å²) in [7, 11) is 3.38. The summed E-state index contributed by atoms with van der Waals surface area (Å²) in [5.74, 6) is 0.432. The molecule has 0 bridgehead atoms. The van der Waals surface area contributed by atoms with Gasteiger partial charge in [-0.05, 0) is 19.4 Å². The molecular weight excluding hydrogens is 294 g/mol. The first-order valence-corrected chi connectivity index (χ1v) is 6.79. The van der Waals surface area contributed by atoms with Crippen LogP contribution in [0.3, 0.4) is 0 Å². The van der Waals surface area contributed by atoms with Gasteiger partial charge in [0.15, 0.2) is 0 Å². The third kappa shape index (κ3) is 4.71. The Hall–Kier alpha value is -1.60. The van der Waals surface area contributed by atoms with Gasteiger partial charge in [0.25, 0.3) is 5.56 Å². The van der Waals surface area contributed by atoms with E-state index in [1.54, 1.807) is 26.4 Å². The van der Waals surface area contributed by atoms with Gasteiger partial charge in [-0.15, -0.1) is 12.4 Å². The van der Waals surface area contributed by atoms with E-state index >= 15 is 0 Å². The lowest BCUT2D eigenvalue weighted by molar-refractivity contribution is -0.120. The largest absolute Gasteiger partial charge is 0.370 e. The number of anilines is 1. The fourth-order valence-corrected chi connectivity index (χ4v) is 2.35. The van der Waals surface area contributed by atoms with Gasteiger partial charge in [-0.25, -0.2) is 4.68 Å². The third-order valence-electron chi connectivity index (χ3n) is 3.53. The van der Waals surface area contributed by atoms with Crippen molar-refractivity contribution in [1.82, 2.24) is 20.4 Å². The fourth-order valence-electron chi connectivity index (χ4n) is 2.35. The van der Waals surface area contributed by atoms with Crippen LogP contribution in [-0.4, -0.2) is 48.9 Å². The molecule has 0 saturated carbocycles. The summed E-state index contributed by atoms with van der Waals surface area (Å²) < 4.78 is 1.31. The number of carbonyl (C=O) groups excluding carboxylic acids is 1. The molecule has 1 fully saturated rings. The number of aryl methyl sites for hydroxylation is 1. The summed E-state index contributed by atoms with van der Waals surface area (Å²) >= 11 is 0. The minimum Gasteiger partial charge on any atom is -0.370 e. The highest BCUT2D eigenvalue weighted by atomic mass is 35.5. The number of hydrogen-bond donors (Lipinski definition) is 2. The maximum absolute atomic E-state index is 11.6. The van der Waals surface area contributed by atoms with Crippen LogP contribution in [0.5, 0.6) is 0 Å².